The van der Waals surface area contributed by atoms with Gasteiger partial charge in [0.25, 0.3) is 0 Å². The van der Waals surface area contributed by atoms with Crippen molar-refractivity contribution >= 4 is 45.8 Å². The van der Waals surface area contributed by atoms with E-state index in [0.29, 0.717) is 17.5 Å². The molecule has 10 nitrogen and oxygen atoms in total. The predicted octanol–water partition coefficient (Wildman–Crippen LogP) is 4.07. The maximum Gasteiger partial charge on any atom is 0.314 e. The van der Waals surface area contributed by atoms with E-state index in [1.54, 1.807) is 10.9 Å². The molecule has 3 aromatic heterocycles. The molecule has 1 saturated heterocycles. The number of amides is 2. The van der Waals surface area contributed by atoms with Gasteiger partial charge in [0.2, 0.25) is 0 Å². The van der Waals surface area contributed by atoms with E-state index >= 15 is 0 Å². The van der Waals surface area contributed by atoms with Crippen molar-refractivity contribution in [2.24, 2.45) is 0 Å². The van der Waals surface area contributed by atoms with Gasteiger partial charge < -0.3 is 20.7 Å². The molecule has 12 heteroatoms. The molecule has 3 N–H and O–H groups in total. The molecule has 1 aromatic carbocycles. The van der Waals surface area contributed by atoms with Crippen LogP contribution in [0.4, 0.5) is 15.9 Å². The van der Waals surface area contributed by atoms with Crippen LogP contribution in [0.5, 0.6) is 0 Å². The maximum absolute atomic E-state index is 13.5. The number of hydrogen-bond donors (Lipinski definition) is 2. The summed E-state index contributed by atoms with van der Waals surface area (Å²) in [6.45, 7) is 0.631. The third-order valence-corrected chi connectivity index (χ3v) is 6.54. The van der Waals surface area contributed by atoms with Crippen molar-refractivity contribution in [1.29, 1.82) is 0 Å². The first-order valence-corrected chi connectivity index (χ1v) is 12.5. The average Bonchev–Trinajstić information content (AvgIpc) is 3.39. The van der Waals surface area contributed by atoms with Crippen LogP contribution in [0.2, 0.25) is 5.02 Å². The zero-order valence-corrected chi connectivity index (χ0v) is 21.1. The lowest BCUT2D eigenvalue weighted by Gasteiger charge is -2.22. The van der Waals surface area contributed by atoms with Gasteiger partial charge in [0, 0.05) is 19.3 Å². The van der Waals surface area contributed by atoms with Crippen molar-refractivity contribution in [1.82, 2.24) is 24.6 Å². The number of ether oxygens (including phenoxy) is 1. The summed E-state index contributed by atoms with van der Waals surface area (Å²) in [5.41, 5.74) is 7.74. The predicted molar refractivity (Wildman–Crippen MR) is 139 cm³/mol. The van der Waals surface area contributed by atoms with Crippen LogP contribution >= 0.6 is 11.6 Å². The van der Waals surface area contributed by atoms with Gasteiger partial charge in [-0.2, -0.15) is 5.10 Å². The molecule has 0 radical (unpaired) electrons. The zero-order chi connectivity index (χ0) is 26.6. The minimum atomic E-state index is -0.907. The number of halogens is 2. The lowest BCUT2D eigenvalue weighted by atomic mass is 10.2. The number of carbonyl (C=O) groups excluding carboxylic acids is 2. The fourth-order valence-corrected chi connectivity index (χ4v) is 4.49. The summed E-state index contributed by atoms with van der Waals surface area (Å²) in [5, 5.41) is 7.79. The Balaban J connectivity index is 1.40. The maximum atomic E-state index is 13.5. The molecule has 2 amide bonds. The highest BCUT2D eigenvalue weighted by molar-refractivity contribution is 6.40. The van der Waals surface area contributed by atoms with E-state index in [1.165, 1.54) is 11.1 Å². The van der Waals surface area contributed by atoms with Crippen LogP contribution in [0.1, 0.15) is 36.7 Å². The number of anilines is 2. The van der Waals surface area contributed by atoms with Gasteiger partial charge in [0.1, 0.15) is 23.4 Å². The van der Waals surface area contributed by atoms with E-state index in [-0.39, 0.29) is 41.5 Å². The van der Waals surface area contributed by atoms with Gasteiger partial charge in [-0.3, -0.25) is 14.6 Å². The normalized spacial score (nSPS) is 15.4. The molecule has 1 fully saturated rings. The molecule has 0 spiro atoms. The molecule has 1 unspecified atom stereocenters. The molecule has 1 aliphatic rings. The number of hydrogen-bond acceptors (Lipinski definition) is 7. The first-order chi connectivity index (χ1) is 18.4. The molecule has 0 aliphatic carbocycles. The number of nitrogens with two attached hydrogens (primary N) is 1. The topological polar surface area (TPSA) is 128 Å². The summed E-state index contributed by atoms with van der Waals surface area (Å²) < 4.78 is 21.0. The van der Waals surface area contributed by atoms with E-state index in [9.17, 15) is 14.0 Å². The average molecular weight is 538 g/mol. The van der Waals surface area contributed by atoms with Crippen molar-refractivity contribution in [3.63, 3.8) is 0 Å². The first-order valence-electron chi connectivity index (χ1n) is 12.1. The number of nitrogen functional groups attached to an aromatic ring is 1. The van der Waals surface area contributed by atoms with Crippen LogP contribution in [0.25, 0.3) is 10.9 Å². The van der Waals surface area contributed by atoms with Crippen LogP contribution in [0.3, 0.4) is 0 Å². The molecule has 4 aromatic rings. The van der Waals surface area contributed by atoms with Gasteiger partial charge in [-0.05, 0) is 30.9 Å². The van der Waals surface area contributed by atoms with Crippen molar-refractivity contribution in [2.45, 2.75) is 38.6 Å². The quantitative estimate of drug-likeness (QED) is 0.355. The molecule has 0 bridgehead atoms. The molecule has 1 aliphatic heterocycles. The number of nitrogens with zero attached hydrogens (tertiary/aromatic N) is 5. The van der Waals surface area contributed by atoms with Gasteiger partial charge >= 0.3 is 11.8 Å². The Morgan fingerprint density at radius 3 is 2.74 bits per heavy atom. The van der Waals surface area contributed by atoms with Gasteiger partial charge in [-0.15, -0.1) is 0 Å². The highest BCUT2D eigenvalue weighted by Gasteiger charge is 2.26. The monoisotopic (exact) mass is 537 g/mol. The second-order valence-corrected chi connectivity index (χ2v) is 9.34. The molecule has 1 atom stereocenters. The van der Waals surface area contributed by atoms with E-state index in [0.717, 1.165) is 37.1 Å². The summed E-state index contributed by atoms with van der Waals surface area (Å²) in [4.78, 5) is 36.0. The van der Waals surface area contributed by atoms with Gasteiger partial charge in [-0.25, -0.2) is 14.1 Å². The Kier molecular flexibility index (Phi) is 7.47. The van der Waals surface area contributed by atoms with Gasteiger partial charge in [0.15, 0.2) is 0 Å². The standard InChI is InChI=1S/C26H25ClFN7O3/c27-19-10-17(28)11-30-21(19)15-34(13-16-6-2-1-3-7-16)26(37)25(36)32-20-12-31-24(29)18-14-35(33-23(18)20)22-8-4-5-9-38-22/h1-3,6-7,10-12,14,22H,4-5,8-9,13,15H2,(H2,29,31)(H,32,36). The SMILES string of the molecule is Nc1ncc(NC(=O)C(=O)N(Cc2ccccc2)Cc2ncc(F)cc2Cl)c2nn(C3CCCCO3)cc12. The number of carbonyl (C=O) groups is 2. The Hall–Kier alpha value is -4.09. The molecular formula is C26H25ClFN7O3. The number of aromatic nitrogens is 4. The second-order valence-electron chi connectivity index (χ2n) is 8.93. The molecule has 5 rings (SSSR count). The second kappa shape index (κ2) is 11.1. The smallest absolute Gasteiger partial charge is 0.314 e. The van der Waals surface area contributed by atoms with Crippen molar-refractivity contribution in [3.8, 4) is 0 Å². The van der Waals surface area contributed by atoms with Crippen molar-refractivity contribution in [3.05, 3.63) is 77.1 Å². The third-order valence-electron chi connectivity index (χ3n) is 6.22. The zero-order valence-electron chi connectivity index (χ0n) is 20.3. The number of pyridine rings is 2. The van der Waals surface area contributed by atoms with Crippen molar-refractivity contribution < 1.29 is 18.7 Å². The van der Waals surface area contributed by atoms with E-state index in [1.807, 2.05) is 30.3 Å². The highest BCUT2D eigenvalue weighted by Crippen LogP contribution is 2.29. The fourth-order valence-electron chi connectivity index (χ4n) is 4.28. The summed E-state index contributed by atoms with van der Waals surface area (Å²) in [6.07, 6.45) is 6.66. The summed E-state index contributed by atoms with van der Waals surface area (Å²) in [7, 11) is 0. The van der Waals surface area contributed by atoms with E-state index in [2.05, 4.69) is 20.4 Å². The molecule has 0 saturated carbocycles. The number of fused-ring (bicyclic) bond motifs is 1. The number of rotatable bonds is 6. The van der Waals surface area contributed by atoms with E-state index in [4.69, 9.17) is 22.1 Å². The van der Waals surface area contributed by atoms with Crippen LogP contribution in [0, 0.1) is 5.82 Å². The van der Waals surface area contributed by atoms with Crippen molar-refractivity contribution in [2.75, 3.05) is 17.7 Å². The highest BCUT2D eigenvalue weighted by atomic mass is 35.5. The van der Waals surface area contributed by atoms with E-state index < -0.39 is 17.6 Å². The third kappa shape index (κ3) is 5.58. The molecule has 196 valence electrons. The molecule has 38 heavy (non-hydrogen) atoms. The first kappa shape index (κ1) is 25.6. The lowest BCUT2D eigenvalue weighted by Crippen LogP contribution is -2.39. The number of benzene rings is 1. The largest absolute Gasteiger partial charge is 0.383 e. The van der Waals surface area contributed by atoms with Crippen LogP contribution in [0.15, 0.2) is 55.0 Å². The van der Waals surface area contributed by atoms with Crippen LogP contribution in [-0.4, -0.2) is 43.1 Å². The Labute approximate surface area is 222 Å². The fraction of sp³-hybridized carbons (Fsp3) is 0.269. The van der Waals surface area contributed by atoms with Gasteiger partial charge in [0.05, 0.1) is 40.7 Å². The number of nitrogens with one attached hydrogen (secondary N) is 1. The summed E-state index contributed by atoms with van der Waals surface area (Å²) in [5.74, 6) is -2.10. The van der Waals surface area contributed by atoms with Gasteiger partial charge in [-0.1, -0.05) is 41.9 Å². The molecule has 4 heterocycles. The minimum absolute atomic E-state index is 0.0520. The lowest BCUT2D eigenvalue weighted by molar-refractivity contribution is -0.144. The Morgan fingerprint density at radius 2 is 2.00 bits per heavy atom. The van der Waals surface area contributed by atoms with Crippen LogP contribution in [-0.2, 0) is 27.4 Å². The minimum Gasteiger partial charge on any atom is -0.383 e. The van der Waals surface area contributed by atoms with Crippen LogP contribution < -0.4 is 11.1 Å². The summed E-state index contributed by atoms with van der Waals surface area (Å²) >= 11 is 6.16. The molecular weight excluding hydrogens is 513 g/mol. The Bertz CT molecular complexity index is 1470. The summed E-state index contributed by atoms with van der Waals surface area (Å²) in [6, 6.07) is 10.3. The Morgan fingerprint density at radius 1 is 1.18 bits per heavy atom.